The van der Waals surface area contributed by atoms with Crippen LogP contribution in [0.25, 0.3) is 10.9 Å². The molecule has 1 unspecified atom stereocenters. The molecule has 1 atom stereocenters. The SMILES string of the molecule is CC(C)C(NC(=O)CSc1ccc2ccccc2n1)c1ccc2c(c1)OCCCO2. The van der Waals surface area contributed by atoms with E-state index >= 15 is 0 Å². The molecule has 156 valence electrons. The first-order chi connectivity index (χ1) is 14.6. The van der Waals surface area contributed by atoms with E-state index in [0.29, 0.717) is 19.0 Å². The minimum atomic E-state index is -0.0974. The second-order valence-electron chi connectivity index (χ2n) is 7.68. The number of benzene rings is 2. The Labute approximate surface area is 181 Å². The van der Waals surface area contributed by atoms with E-state index in [9.17, 15) is 4.79 Å². The van der Waals surface area contributed by atoms with Crippen LogP contribution in [0.4, 0.5) is 0 Å². The number of hydrogen-bond donors (Lipinski definition) is 1. The fourth-order valence-corrected chi connectivity index (χ4v) is 4.18. The third kappa shape index (κ3) is 4.87. The summed E-state index contributed by atoms with van der Waals surface area (Å²) in [5, 5.41) is 5.12. The van der Waals surface area contributed by atoms with Crippen molar-refractivity contribution in [1.82, 2.24) is 10.3 Å². The monoisotopic (exact) mass is 422 g/mol. The van der Waals surface area contributed by atoms with Crippen LogP contribution in [0.5, 0.6) is 11.5 Å². The van der Waals surface area contributed by atoms with Gasteiger partial charge in [-0.1, -0.05) is 55.9 Å². The quantitative estimate of drug-likeness (QED) is 0.567. The van der Waals surface area contributed by atoms with Gasteiger partial charge in [0.05, 0.1) is 35.6 Å². The molecule has 0 spiro atoms. The molecule has 30 heavy (non-hydrogen) atoms. The summed E-state index contributed by atoms with van der Waals surface area (Å²) < 4.78 is 11.5. The highest BCUT2D eigenvalue weighted by Gasteiger charge is 2.21. The molecule has 1 N–H and O–H groups in total. The van der Waals surface area contributed by atoms with Crippen molar-refractivity contribution in [3.63, 3.8) is 0 Å². The first-order valence-electron chi connectivity index (χ1n) is 10.3. The molecular formula is C24H26N2O3S. The Morgan fingerprint density at radius 2 is 1.87 bits per heavy atom. The number of rotatable bonds is 6. The molecule has 4 rings (SSSR count). The van der Waals surface area contributed by atoms with E-state index in [2.05, 4.69) is 24.1 Å². The van der Waals surface area contributed by atoms with Crippen LogP contribution in [0.15, 0.2) is 59.6 Å². The lowest BCUT2D eigenvalue weighted by Crippen LogP contribution is -2.33. The number of nitrogens with zero attached hydrogens (tertiary/aromatic N) is 1. The number of thioether (sulfide) groups is 1. The van der Waals surface area contributed by atoms with E-state index in [1.165, 1.54) is 11.8 Å². The Morgan fingerprint density at radius 3 is 2.70 bits per heavy atom. The lowest BCUT2D eigenvalue weighted by Gasteiger charge is -2.24. The Bertz CT molecular complexity index is 1040. The van der Waals surface area contributed by atoms with Crippen molar-refractivity contribution in [3.8, 4) is 11.5 Å². The predicted octanol–water partition coefficient (Wildman–Crippen LogP) is 5.00. The molecule has 0 fully saturated rings. The van der Waals surface area contributed by atoms with Gasteiger partial charge in [-0.05, 0) is 35.7 Å². The topological polar surface area (TPSA) is 60.5 Å². The number of nitrogens with one attached hydrogen (secondary N) is 1. The minimum Gasteiger partial charge on any atom is -0.490 e. The van der Waals surface area contributed by atoms with Gasteiger partial charge in [0.15, 0.2) is 11.5 Å². The normalized spacial score (nSPS) is 14.4. The zero-order chi connectivity index (χ0) is 20.9. The Kier molecular flexibility index (Phi) is 6.43. The second-order valence-corrected chi connectivity index (χ2v) is 8.67. The molecule has 0 bridgehead atoms. The van der Waals surface area contributed by atoms with Gasteiger partial charge >= 0.3 is 0 Å². The highest BCUT2D eigenvalue weighted by molar-refractivity contribution is 7.99. The summed E-state index contributed by atoms with van der Waals surface area (Å²) in [7, 11) is 0. The molecule has 2 aromatic carbocycles. The minimum absolute atomic E-state index is 0.0132. The Hall–Kier alpha value is -2.73. The molecule has 6 heteroatoms. The highest BCUT2D eigenvalue weighted by atomic mass is 32.2. The molecule has 1 aliphatic heterocycles. The maximum atomic E-state index is 12.7. The molecule has 1 aromatic heterocycles. The molecule has 5 nitrogen and oxygen atoms in total. The van der Waals surface area contributed by atoms with Crippen LogP contribution in [-0.4, -0.2) is 29.9 Å². The number of para-hydroxylation sites is 1. The number of carbonyl (C=O) groups is 1. The molecule has 1 amide bonds. The molecular weight excluding hydrogens is 396 g/mol. The van der Waals surface area contributed by atoms with Gasteiger partial charge in [0.25, 0.3) is 0 Å². The molecule has 1 aliphatic rings. The summed E-state index contributed by atoms with van der Waals surface area (Å²) in [6, 6.07) is 17.8. The van der Waals surface area contributed by atoms with Gasteiger partial charge in [0.2, 0.25) is 5.91 Å². The van der Waals surface area contributed by atoms with E-state index in [0.717, 1.165) is 39.4 Å². The van der Waals surface area contributed by atoms with Crippen molar-refractivity contribution in [2.45, 2.75) is 31.3 Å². The second kappa shape index (κ2) is 9.39. The summed E-state index contributed by atoms with van der Waals surface area (Å²) >= 11 is 1.45. The van der Waals surface area contributed by atoms with Crippen LogP contribution in [-0.2, 0) is 4.79 Å². The number of fused-ring (bicyclic) bond motifs is 2. The number of pyridine rings is 1. The number of hydrogen-bond acceptors (Lipinski definition) is 5. The van der Waals surface area contributed by atoms with Crippen molar-refractivity contribution in [1.29, 1.82) is 0 Å². The van der Waals surface area contributed by atoms with Gasteiger partial charge < -0.3 is 14.8 Å². The third-order valence-electron chi connectivity index (χ3n) is 5.04. The first-order valence-corrected chi connectivity index (χ1v) is 11.3. The maximum Gasteiger partial charge on any atom is 0.230 e. The van der Waals surface area contributed by atoms with Crippen molar-refractivity contribution >= 4 is 28.6 Å². The summed E-state index contributed by atoms with van der Waals surface area (Å²) in [5.74, 6) is 2.06. The van der Waals surface area contributed by atoms with Crippen LogP contribution in [0, 0.1) is 5.92 Å². The smallest absolute Gasteiger partial charge is 0.230 e. The number of ether oxygens (including phenoxy) is 2. The van der Waals surface area contributed by atoms with Crippen molar-refractivity contribution in [3.05, 3.63) is 60.2 Å². The fraction of sp³-hybridized carbons (Fsp3) is 0.333. The molecule has 0 radical (unpaired) electrons. The summed E-state index contributed by atoms with van der Waals surface area (Å²) in [6.45, 7) is 5.51. The van der Waals surface area contributed by atoms with Gasteiger partial charge in [-0.15, -0.1) is 0 Å². The van der Waals surface area contributed by atoms with Gasteiger partial charge in [-0.2, -0.15) is 0 Å². The fourth-order valence-electron chi connectivity index (χ4n) is 3.49. The van der Waals surface area contributed by atoms with Gasteiger partial charge in [0, 0.05) is 11.8 Å². The van der Waals surface area contributed by atoms with E-state index in [4.69, 9.17) is 9.47 Å². The number of carbonyl (C=O) groups excluding carboxylic acids is 1. The lowest BCUT2D eigenvalue weighted by molar-refractivity contribution is -0.119. The molecule has 0 saturated carbocycles. The number of amides is 1. The van der Waals surface area contributed by atoms with E-state index in [-0.39, 0.29) is 17.9 Å². The largest absolute Gasteiger partial charge is 0.490 e. The van der Waals surface area contributed by atoms with Crippen molar-refractivity contribution in [2.24, 2.45) is 5.92 Å². The van der Waals surface area contributed by atoms with Crippen LogP contribution < -0.4 is 14.8 Å². The highest BCUT2D eigenvalue weighted by Crippen LogP contribution is 2.34. The first kappa shape index (κ1) is 20.5. The number of aromatic nitrogens is 1. The van der Waals surface area contributed by atoms with Gasteiger partial charge in [0.1, 0.15) is 0 Å². The van der Waals surface area contributed by atoms with Crippen LogP contribution in [0.3, 0.4) is 0 Å². The Balaban J connectivity index is 1.42. The van der Waals surface area contributed by atoms with Crippen LogP contribution in [0.2, 0.25) is 0 Å². The Morgan fingerprint density at radius 1 is 1.07 bits per heavy atom. The molecule has 0 aliphatic carbocycles. The zero-order valence-corrected chi connectivity index (χ0v) is 18.1. The summed E-state index contributed by atoms with van der Waals surface area (Å²) in [6.07, 6.45) is 0.869. The average Bonchev–Trinajstić information content (AvgIpc) is 3.00. The molecule has 2 heterocycles. The van der Waals surface area contributed by atoms with Crippen LogP contribution in [0.1, 0.15) is 31.9 Å². The van der Waals surface area contributed by atoms with Crippen molar-refractivity contribution in [2.75, 3.05) is 19.0 Å². The summed E-state index contributed by atoms with van der Waals surface area (Å²) in [5.41, 5.74) is 1.96. The summed E-state index contributed by atoms with van der Waals surface area (Å²) in [4.78, 5) is 17.3. The lowest BCUT2D eigenvalue weighted by atomic mass is 9.95. The maximum absolute atomic E-state index is 12.7. The van der Waals surface area contributed by atoms with Gasteiger partial charge in [-0.3, -0.25) is 4.79 Å². The molecule has 0 saturated heterocycles. The van der Waals surface area contributed by atoms with E-state index in [1.54, 1.807) is 0 Å². The standard InChI is InChI=1S/C24H26N2O3S/c1-16(2)24(18-8-10-20-21(14-18)29-13-5-12-28-20)26-22(27)15-30-23-11-9-17-6-3-4-7-19(17)25-23/h3-4,6-11,14,16,24H,5,12-13,15H2,1-2H3,(H,26,27). The van der Waals surface area contributed by atoms with Crippen LogP contribution >= 0.6 is 11.8 Å². The average molecular weight is 423 g/mol. The molecule has 3 aromatic rings. The third-order valence-corrected chi connectivity index (χ3v) is 5.97. The van der Waals surface area contributed by atoms with E-state index < -0.39 is 0 Å². The zero-order valence-electron chi connectivity index (χ0n) is 17.3. The van der Waals surface area contributed by atoms with Gasteiger partial charge in [-0.25, -0.2) is 4.98 Å². The predicted molar refractivity (Wildman–Crippen MR) is 120 cm³/mol. The van der Waals surface area contributed by atoms with E-state index in [1.807, 2.05) is 54.6 Å². The van der Waals surface area contributed by atoms with Crippen molar-refractivity contribution < 1.29 is 14.3 Å².